The van der Waals surface area contributed by atoms with Gasteiger partial charge in [-0.3, -0.25) is 9.59 Å². The van der Waals surface area contributed by atoms with Crippen molar-refractivity contribution in [2.75, 3.05) is 43.0 Å². The van der Waals surface area contributed by atoms with Crippen molar-refractivity contribution in [2.45, 2.75) is 60.2 Å². The van der Waals surface area contributed by atoms with Crippen molar-refractivity contribution in [3.05, 3.63) is 40.6 Å². The van der Waals surface area contributed by atoms with Crippen LogP contribution in [-0.4, -0.2) is 70.4 Å². The number of nitrogens with zero attached hydrogens (tertiary/aromatic N) is 5. The summed E-state index contributed by atoms with van der Waals surface area (Å²) >= 11 is 0. The lowest BCUT2D eigenvalue weighted by atomic mass is 10.0. The molecule has 9 heteroatoms. The fourth-order valence-electron chi connectivity index (χ4n) is 4.62. The Bertz CT molecular complexity index is 1110. The maximum absolute atomic E-state index is 13.2. The molecular weight excluding hydrogens is 444 g/mol. The number of hydrogen-bond acceptors (Lipinski definition) is 7. The van der Waals surface area contributed by atoms with Gasteiger partial charge in [0, 0.05) is 50.7 Å². The number of anilines is 2. The zero-order valence-electron chi connectivity index (χ0n) is 21.6. The molecule has 1 aromatic heterocycles. The maximum atomic E-state index is 13.2. The van der Waals surface area contributed by atoms with Crippen LogP contribution in [0.15, 0.2) is 18.2 Å². The lowest BCUT2D eigenvalue weighted by Gasteiger charge is -2.34. The molecule has 3 heterocycles. The average Bonchev–Trinajstić information content (AvgIpc) is 3.17. The number of piperazine rings is 1. The number of fused-ring (bicyclic) bond motifs is 1. The average molecular weight is 481 g/mol. The quantitative estimate of drug-likeness (QED) is 0.650. The minimum Gasteiger partial charge on any atom is -0.494 e. The number of ether oxygens (including phenoxy) is 1. The Morgan fingerprint density at radius 1 is 1.14 bits per heavy atom. The summed E-state index contributed by atoms with van der Waals surface area (Å²) in [6.45, 7) is 15.3. The van der Waals surface area contributed by atoms with E-state index in [1.165, 1.54) is 0 Å². The molecule has 1 aromatic carbocycles. The fourth-order valence-corrected chi connectivity index (χ4v) is 4.62. The van der Waals surface area contributed by atoms with Crippen LogP contribution in [0.2, 0.25) is 0 Å². The summed E-state index contributed by atoms with van der Waals surface area (Å²) in [5.41, 5.74) is 3.50. The Labute approximate surface area is 207 Å². The molecule has 9 nitrogen and oxygen atoms in total. The first kappa shape index (κ1) is 24.8. The third-order valence-electron chi connectivity index (χ3n) is 6.77. The smallest absolute Gasteiger partial charge is 0.273 e. The van der Waals surface area contributed by atoms with Gasteiger partial charge in [0.25, 0.3) is 5.91 Å². The predicted octanol–water partition coefficient (Wildman–Crippen LogP) is 3.39. The summed E-state index contributed by atoms with van der Waals surface area (Å²) in [5, 5.41) is 3.56. The van der Waals surface area contributed by atoms with Gasteiger partial charge in [0.2, 0.25) is 11.9 Å². The zero-order valence-corrected chi connectivity index (χ0v) is 21.6. The summed E-state index contributed by atoms with van der Waals surface area (Å²) in [7, 11) is 0. The highest BCUT2D eigenvalue weighted by Gasteiger charge is 2.35. The molecule has 2 amide bonds. The van der Waals surface area contributed by atoms with Crippen molar-refractivity contribution >= 4 is 23.6 Å². The molecule has 0 saturated carbocycles. The number of amides is 2. The first-order valence-corrected chi connectivity index (χ1v) is 12.4. The van der Waals surface area contributed by atoms with Crippen LogP contribution in [0.25, 0.3) is 0 Å². The van der Waals surface area contributed by atoms with Gasteiger partial charge in [-0.15, -0.1) is 0 Å². The molecule has 188 valence electrons. The third kappa shape index (κ3) is 5.04. The Kier molecular flexibility index (Phi) is 7.14. The van der Waals surface area contributed by atoms with E-state index >= 15 is 0 Å². The Hall–Kier alpha value is -3.36. The van der Waals surface area contributed by atoms with E-state index in [-0.39, 0.29) is 23.9 Å². The minimum atomic E-state index is -0.0614. The Balaban J connectivity index is 1.64. The van der Waals surface area contributed by atoms with Crippen LogP contribution in [-0.2, 0) is 11.3 Å². The van der Waals surface area contributed by atoms with Crippen LogP contribution in [0.1, 0.15) is 67.8 Å². The van der Waals surface area contributed by atoms with E-state index in [1.54, 1.807) is 6.92 Å². The molecule has 2 aliphatic rings. The summed E-state index contributed by atoms with van der Waals surface area (Å²) in [5.74, 6) is 2.12. The molecule has 0 unspecified atom stereocenters. The van der Waals surface area contributed by atoms with Crippen LogP contribution in [0.5, 0.6) is 5.75 Å². The van der Waals surface area contributed by atoms with Crippen molar-refractivity contribution < 1.29 is 14.3 Å². The SMILES string of the molecule is CCOc1ccc([C@H](C)Nc2nc(N3CCN(C(C)=O)CC3)nc3c2CN(C(C)C)C3=O)cc1C. The largest absolute Gasteiger partial charge is 0.494 e. The highest BCUT2D eigenvalue weighted by molar-refractivity contribution is 5.98. The molecule has 0 radical (unpaired) electrons. The standard InChI is InChI=1S/C26H36N6O3/c1-7-35-22-9-8-20(14-17(22)4)18(5)27-24-21-15-32(16(2)3)25(34)23(21)28-26(29-24)31-12-10-30(11-13-31)19(6)33/h8-9,14,16,18H,7,10-13,15H2,1-6H3,(H,27,28,29)/t18-/m0/s1. The van der Waals surface area contributed by atoms with Crippen molar-refractivity contribution in [1.29, 1.82) is 0 Å². The van der Waals surface area contributed by atoms with Crippen molar-refractivity contribution in [3.63, 3.8) is 0 Å². The molecule has 1 N–H and O–H groups in total. The van der Waals surface area contributed by atoms with Crippen molar-refractivity contribution in [3.8, 4) is 5.75 Å². The van der Waals surface area contributed by atoms with E-state index in [4.69, 9.17) is 14.7 Å². The van der Waals surface area contributed by atoms with E-state index in [0.29, 0.717) is 56.8 Å². The predicted molar refractivity (Wildman–Crippen MR) is 136 cm³/mol. The second-order valence-corrected chi connectivity index (χ2v) is 9.54. The number of carbonyl (C=O) groups excluding carboxylic acids is 2. The molecule has 35 heavy (non-hydrogen) atoms. The molecule has 1 atom stereocenters. The summed E-state index contributed by atoms with van der Waals surface area (Å²) in [4.78, 5) is 40.2. The number of benzene rings is 1. The van der Waals surface area contributed by atoms with E-state index in [1.807, 2.05) is 43.6 Å². The second-order valence-electron chi connectivity index (χ2n) is 9.54. The third-order valence-corrected chi connectivity index (χ3v) is 6.77. The number of rotatable bonds is 7. The molecule has 2 aromatic rings. The Morgan fingerprint density at radius 3 is 2.46 bits per heavy atom. The molecule has 1 saturated heterocycles. The number of aryl methyl sites for hydroxylation is 1. The van der Waals surface area contributed by atoms with Gasteiger partial charge in [0.15, 0.2) is 0 Å². The van der Waals surface area contributed by atoms with E-state index < -0.39 is 0 Å². The lowest BCUT2D eigenvalue weighted by Crippen LogP contribution is -2.48. The molecule has 1 fully saturated rings. The van der Waals surface area contributed by atoms with Crippen LogP contribution >= 0.6 is 0 Å². The van der Waals surface area contributed by atoms with Crippen LogP contribution in [0, 0.1) is 6.92 Å². The molecule has 0 bridgehead atoms. The number of carbonyl (C=O) groups is 2. The van der Waals surface area contributed by atoms with E-state index in [2.05, 4.69) is 29.3 Å². The van der Waals surface area contributed by atoms with Gasteiger partial charge in [-0.1, -0.05) is 12.1 Å². The van der Waals surface area contributed by atoms with Gasteiger partial charge in [-0.25, -0.2) is 4.98 Å². The minimum absolute atomic E-state index is 0.0333. The number of nitrogens with one attached hydrogen (secondary N) is 1. The first-order chi connectivity index (χ1) is 16.7. The first-order valence-electron chi connectivity index (χ1n) is 12.4. The van der Waals surface area contributed by atoms with Gasteiger partial charge < -0.3 is 24.8 Å². The lowest BCUT2D eigenvalue weighted by molar-refractivity contribution is -0.129. The van der Waals surface area contributed by atoms with E-state index in [0.717, 1.165) is 22.4 Å². The highest BCUT2D eigenvalue weighted by Crippen LogP contribution is 2.33. The Morgan fingerprint density at radius 2 is 1.86 bits per heavy atom. The highest BCUT2D eigenvalue weighted by atomic mass is 16.5. The molecular formula is C26H36N6O3. The van der Waals surface area contributed by atoms with Gasteiger partial charge in [-0.05, 0) is 51.8 Å². The number of hydrogen-bond donors (Lipinski definition) is 1. The van der Waals surface area contributed by atoms with E-state index in [9.17, 15) is 9.59 Å². The topological polar surface area (TPSA) is 90.9 Å². The molecule has 0 aliphatic carbocycles. The summed E-state index contributed by atoms with van der Waals surface area (Å²) in [6, 6.07) is 6.22. The second kappa shape index (κ2) is 10.1. The normalized spacial score (nSPS) is 16.5. The summed E-state index contributed by atoms with van der Waals surface area (Å²) < 4.78 is 5.69. The number of aromatic nitrogens is 2. The van der Waals surface area contributed by atoms with Crippen molar-refractivity contribution in [2.24, 2.45) is 0 Å². The molecule has 2 aliphatic heterocycles. The van der Waals surface area contributed by atoms with Crippen LogP contribution in [0.3, 0.4) is 0 Å². The molecule has 4 rings (SSSR count). The fraction of sp³-hybridized carbons (Fsp3) is 0.538. The zero-order chi connectivity index (χ0) is 25.3. The van der Waals surface area contributed by atoms with Crippen LogP contribution in [0.4, 0.5) is 11.8 Å². The van der Waals surface area contributed by atoms with Crippen molar-refractivity contribution in [1.82, 2.24) is 19.8 Å². The monoisotopic (exact) mass is 480 g/mol. The van der Waals surface area contributed by atoms with Crippen LogP contribution < -0.4 is 15.0 Å². The maximum Gasteiger partial charge on any atom is 0.273 e. The molecule has 0 spiro atoms. The van der Waals surface area contributed by atoms with Gasteiger partial charge >= 0.3 is 0 Å². The van der Waals surface area contributed by atoms with Gasteiger partial charge in [-0.2, -0.15) is 4.98 Å². The van der Waals surface area contributed by atoms with Gasteiger partial charge in [0.1, 0.15) is 17.3 Å². The van der Waals surface area contributed by atoms with Gasteiger partial charge in [0.05, 0.1) is 13.2 Å². The summed E-state index contributed by atoms with van der Waals surface area (Å²) in [6.07, 6.45) is 0.